The number of benzene rings is 3. The maximum absolute atomic E-state index is 3.95. The predicted octanol–water partition coefficient (Wildman–Crippen LogP) is 18.1. The number of hydrogen-bond acceptors (Lipinski definition) is 2. The van der Waals surface area contributed by atoms with E-state index in [4.69, 9.17) is 0 Å². The highest BCUT2D eigenvalue weighted by Gasteiger charge is 2.35. The van der Waals surface area contributed by atoms with Gasteiger partial charge in [-0.1, -0.05) is 220 Å². The van der Waals surface area contributed by atoms with Crippen LogP contribution in [0.15, 0.2) is 252 Å². The number of nitrogens with one attached hydrogen (secondary N) is 1. The second-order valence-corrected chi connectivity index (χ2v) is 20.9. The van der Waals surface area contributed by atoms with Crippen LogP contribution in [-0.4, -0.2) is 11.1 Å². The van der Waals surface area contributed by atoms with Crippen molar-refractivity contribution in [3.63, 3.8) is 0 Å². The van der Waals surface area contributed by atoms with Crippen molar-refractivity contribution < 1.29 is 0 Å². The van der Waals surface area contributed by atoms with Gasteiger partial charge >= 0.3 is 0 Å². The summed E-state index contributed by atoms with van der Waals surface area (Å²) in [5.74, 6) is 1.74. The van der Waals surface area contributed by atoms with Gasteiger partial charge in [-0.25, -0.2) is 0 Å². The van der Waals surface area contributed by atoms with E-state index in [0.717, 1.165) is 57.8 Å². The van der Waals surface area contributed by atoms with Gasteiger partial charge in [0.2, 0.25) is 0 Å². The Morgan fingerprint density at radius 1 is 0.764 bits per heavy atom. The molecule has 7 aliphatic rings. The molecule has 1 N–H and O–H groups in total. The molecule has 0 spiro atoms. The molecule has 0 saturated heterocycles. The van der Waals surface area contributed by atoms with Gasteiger partial charge in [-0.05, 0) is 161 Å². The number of hydrogen-bond donors (Lipinski definition) is 1. The van der Waals surface area contributed by atoms with Gasteiger partial charge in [-0.3, -0.25) is 0 Å². The molecular formula is C70H70N2. The minimum Gasteiger partial charge on any atom is -0.363 e. The summed E-state index contributed by atoms with van der Waals surface area (Å²) in [7, 11) is 0. The Morgan fingerprint density at radius 3 is 2.36 bits per heavy atom. The predicted molar refractivity (Wildman–Crippen MR) is 307 cm³/mol. The maximum atomic E-state index is 3.95. The van der Waals surface area contributed by atoms with Crippen LogP contribution in [0.2, 0.25) is 0 Å². The summed E-state index contributed by atoms with van der Waals surface area (Å²) >= 11 is 0. The van der Waals surface area contributed by atoms with Crippen molar-refractivity contribution in [1.82, 2.24) is 10.2 Å². The first-order chi connectivity index (χ1) is 35.5. The molecule has 0 radical (unpaired) electrons. The molecule has 0 fully saturated rings. The molecule has 6 unspecified atom stereocenters. The fraction of sp³-hybridized carbons (Fsp3) is 0.257. The first kappa shape index (κ1) is 47.2. The normalized spacial score (nSPS) is 24.8. The summed E-state index contributed by atoms with van der Waals surface area (Å²) < 4.78 is 0. The second kappa shape index (κ2) is 21.7. The molecule has 0 amide bonds. The third-order valence-electron chi connectivity index (χ3n) is 16.3. The highest BCUT2D eigenvalue weighted by atomic mass is 15.3. The Hall–Kier alpha value is -7.16. The maximum Gasteiger partial charge on any atom is 0.107 e. The van der Waals surface area contributed by atoms with Crippen molar-refractivity contribution in [1.29, 1.82) is 0 Å². The van der Waals surface area contributed by atoms with Crippen LogP contribution in [-0.2, 0) is 0 Å². The van der Waals surface area contributed by atoms with Crippen LogP contribution in [0.25, 0.3) is 27.5 Å². The van der Waals surface area contributed by atoms with Crippen LogP contribution in [0.5, 0.6) is 0 Å². The molecule has 1 aliphatic heterocycles. The monoisotopic (exact) mass is 939 g/mol. The van der Waals surface area contributed by atoms with E-state index in [2.05, 4.69) is 250 Å². The van der Waals surface area contributed by atoms with E-state index >= 15 is 0 Å². The number of nitrogens with zero attached hydrogens (tertiary/aromatic N) is 1. The van der Waals surface area contributed by atoms with E-state index in [0.29, 0.717) is 11.8 Å². The van der Waals surface area contributed by atoms with Crippen LogP contribution in [0.4, 0.5) is 0 Å². The highest BCUT2D eigenvalue weighted by Crippen LogP contribution is 2.50. The van der Waals surface area contributed by atoms with E-state index in [9.17, 15) is 0 Å². The van der Waals surface area contributed by atoms with E-state index in [-0.39, 0.29) is 23.9 Å². The van der Waals surface area contributed by atoms with Crippen molar-refractivity contribution in [3.05, 3.63) is 280 Å². The van der Waals surface area contributed by atoms with Gasteiger partial charge in [0, 0.05) is 29.7 Å². The Balaban J connectivity index is 1.07. The molecule has 2 heteroatoms. The molecule has 2 nitrogen and oxygen atoms in total. The van der Waals surface area contributed by atoms with Crippen molar-refractivity contribution in [2.45, 2.75) is 96.6 Å². The average molecular weight is 939 g/mol. The Morgan fingerprint density at radius 2 is 1.58 bits per heavy atom. The minimum absolute atomic E-state index is 0.181. The molecular weight excluding hydrogens is 869 g/mol. The average Bonchev–Trinajstić information content (AvgIpc) is 4.04. The Labute approximate surface area is 430 Å². The van der Waals surface area contributed by atoms with E-state index in [1.807, 2.05) is 0 Å². The lowest BCUT2D eigenvalue weighted by Gasteiger charge is -2.36. The molecule has 11 rings (SSSR count). The van der Waals surface area contributed by atoms with Gasteiger partial charge in [0.15, 0.2) is 0 Å². The fourth-order valence-electron chi connectivity index (χ4n) is 12.5. The summed E-state index contributed by atoms with van der Waals surface area (Å²) in [4.78, 5) is 2.63. The smallest absolute Gasteiger partial charge is 0.107 e. The van der Waals surface area contributed by atoms with Gasteiger partial charge in [0.25, 0.3) is 0 Å². The molecule has 1 heterocycles. The Bertz CT molecular complexity index is 3180. The van der Waals surface area contributed by atoms with E-state index in [1.165, 1.54) is 89.1 Å². The third kappa shape index (κ3) is 9.90. The number of allylic oxidation sites excluding steroid dienone is 24. The van der Waals surface area contributed by atoms with Crippen molar-refractivity contribution in [3.8, 4) is 0 Å². The summed E-state index contributed by atoms with van der Waals surface area (Å²) in [6, 6.07) is 43.7. The van der Waals surface area contributed by atoms with Crippen LogP contribution in [0, 0.1) is 17.8 Å². The van der Waals surface area contributed by atoms with E-state index in [1.54, 1.807) is 0 Å². The lowest BCUT2D eigenvalue weighted by molar-refractivity contribution is 0.299. The summed E-state index contributed by atoms with van der Waals surface area (Å²) in [5.41, 5.74) is 19.2. The van der Waals surface area contributed by atoms with Gasteiger partial charge in [0.05, 0.1) is 5.70 Å². The van der Waals surface area contributed by atoms with E-state index < -0.39 is 0 Å². The van der Waals surface area contributed by atoms with Gasteiger partial charge in [-0.15, -0.1) is 0 Å². The topological polar surface area (TPSA) is 15.3 Å². The zero-order valence-corrected chi connectivity index (χ0v) is 42.6. The van der Waals surface area contributed by atoms with Gasteiger partial charge in [0.1, 0.15) is 6.17 Å². The molecule has 6 atom stereocenters. The lowest BCUT2D eigenvalue weighted by atomic mass is 9.68. The molecule has 360 valence electrons. The summed E-state index contributed by atoms with van der Waals surface area (Å²) in [5, 5.41) is 6.57. The first-order valence-electron chi connectivity index (χ1n) is 27.0. The SMILES string of the molecule is C/C=C(\C=C/CC1NC2=C(CC(C)C=C2)N1C1=CC=CCC1)c1ccc2c(C3=C(C4=CCCC=C4)CC(C4C=CC=CC4)=C3)ccccccc(C3CC(c4ccccc4)C=C(c4ccccc4)C3C)c2c1. The van der Waals surface area contributed by atoms with Crippen LogP contribution < -0.4 is 5.32 Å². The van der Waals surface area contributed by atoms with Crippen LogP contribution >= 0.6 is 0 Å². The standard InChI is InChI=1S/C70H70N2/c1-4-51(33-24-38-70-71-68-42-39-49(2)43-69(68)72(70)59-34-20-11-21-35-59)56-40-41-62-60(67-48-58(53-27-14-8-15-28-53)47-65(67)55-31-18-10-19-32-55)36-22-5-6-23-37-61(66(62)44-56)64-46-57(52-25-12-7-13-26-52)45-63(50(64)3)54-29-16-9-17-30-54/h4-9,11-18,20,22-27,29-34,36-37,39-42,44-45,48-50,53,57,64,70-71H,10,19,21,28,35,38,43,46-47H2,1-3H3/b6-5?,22-5?,23-6?,33-24-,36-22?,37-23?,51-4+,60-36?,61-37?,62-60?,66-61?. The molecule has 4 aromatic rings. The zero-order chi connectivity index (χ0) is 48.8. The molecule has 6 aliphatic carbocycles. The summed E-state index contributed by atoms with van der Waals surface area (Å²) in [6.07, 6.45) is 49.8. The largest absolute Gasteiger partial charge is 0.363 e. The fourth-order valence-corrected chi connectivity index (χ4v) is 12.5. The van der Waals surface area contributed by atoms with Crippen molar-refractivity contribution in [2.75, 3.05) is 0 Å². The van der Waals surface area contributed by atoms with Crippen LogP contribution in [0.1, 0.15) is 118 Å². The zero-order valence-electron chi connectivity index (χ0n) is 42.6. The van der Waals surface area contributed by atoms with Crippen LogP contribution in [0.3, 0.4) is 0 Å². The number of fused-ring (bicyclic) bond motifs is 1. The third-order valence-corrected chi connectivity index (χ3v) is 16.3. The van der Waals surface area contributed by atoms with Gasteiger partial charge < -0.3 is 10.2 Å². The summed E-state index contributed by atoms with van der Waals surface area (Å²) in [6.45, 7) is 7.03. The molecule has 0 bridgehead atoms. The second-order valence-electron chi connectivity index (χ2n) is 20.9. The minimum atomic E-state index is 0.181. The molecule has 0 saturated carbocycles. The van der Waals surface area contributed by atoms with Gasteiger partial charge in [-0.2, -0.15) is 0 Å². The quantitative estimate of drug-likeness (QED) is 0.151. The van der Waals surface area contributed by atoms with Crippen molar-refractivity contribution in [2.24, 2.45) is 17.8 Å². The Kier molecular flexibility index (Phi) is 14.2. The highest BCUT2D eigenvalue weighted by molar-refractivity contribution is 6.01. The number of rotatable bonds is 11. The molecule has 0 aromatic heterocycles. The lowest BCUT2D eigenvalue weighted by Crippen LogP contribution is -2.36. The molecule has 4 aromatic carbocycles. The molecule has 72 heavy (non-hydrogen) atoms. The first-order valence-corrected chi connectivity index (χ1v) is 27.0. The van der Waals surface area contributed by atoms with Crippen molar-refractivity contribution >= 4 is 27.5 Å².